The van der Waals surface area contributed by atoms with Crippen molar-refractivity contribution in [2.45, 2.75) is 0 Å². The lowest BCUT2D eigenvalue weighted by Gasteiger charge is -2.07. The van der Waals surface area contributed by atoms with E-state index in [1.54, 1.807) is 0 Å². The topological polar surface area (TPSA) is 33.9 Å². The minimum Gasteiger partial charge on any atom is -0.455 e. The highest BCUT2D eigenvalue weighted by molar-refractivity contribution is 6.28. The van der Waals surface area contributed by atoms with Crippen molar-refractivity contribution < 1.29 is 4.42 Å². The molecule has 9 rings (SSSR count). The molecule has 3 heteroatoms. The van der Waals surface area contributed by atoms with Crippen LogP contribution in [0.25, 0.3) is 82.4 Å². The molecular weight excluding hydrogens is 476 g/mol. The maximum absolute atomic E-state index is 6.39. The van der Waals surface area contributed by atoms with E-state index in [4.69, 9.17) is 4.42 Å². The van der Waals surface area contributed by atoms with Crippen LogP contribution in [0.1, 0.15) is 0 Å². The highest BCUT2D eigenvalue weighted by Gasteiger charge is 2.18. The molecular formula is C36H22N2O. The molecule has 0 aliphatic carbocycles. The van der Waals surface area contributed by atoms with Gasteiger partial charge in [0.1, 0.15) is 11.2 Å². The second-order valence-electron chi connectivity index (χ2n) is 10.2. The van der Waals surface area contributed by atoms with E-state index in [2.05, 4.69) is 125 Å². The number of nitrogens with zero attached hydrogens (tertiary/aromatic N) is 1. The Hall–Kier alpha value is -5.28. The molecule has 3 nitrogen and oxygen atoms in total. The second-order valence-corrected chi connectivity index (χ2v) is 10.2. The van der Waals surface area contributed by atoms with Crippen LogP contribution in [-0.2, 0) is 0 Å². The van der Waals surface area contributed by atoms with Crippen LogP contribution in [-0.4, -0.2) is 9.55 Å². The SMILES string of the molecule is c1ccc(-n2c3ccccc3c3c4c(ccc32)[nH]c2ccc(-c3cccc5c3oc3ccccc35)cc24)cc1. The van der Waals surface area contributed by atoms with Gasteiger partial charge in [0.15, 0.2) is 0 Å². The Morgan fingerprint density at radius 2 is 1.28 bits per heavy atom. The molecule has 3 heterocycles. The molecule has 3 aromatic heterocycles. The zero-order valence-electron chi connectivity index (χ0n) is 21.0. The molecule has 1 N–H and O–H groups in total. The summed E-state index contributed by atoms with van der Waals surface area (Å²) in [7, 11) is 0. The van der Waals surface area contributed by atoms with Gasteiger partial charge in [-0.15, -0.1) is 0 Å². The molecule has 0 atom stereocenters. The number of H-pyrrole nitrogens is 1. The maximum Gasteiger partial charge on any atom is 0.143 e. The first kappa shape index (κ1) is 20.7. The van der Waals surface area contributed by atoms with Crippen LogP contribution < -0.4 is 0 Å². The number of aromatic amines is 1. The number of hydrogen-bond donors (Lipinski definition) is 1. The fourth-order valence-corrected chi connectivity index (χ4v) is 6.45. The largest absolute Gasteiger partial charge is 0.455 e. The number of nitrogens with one attached hydrogen (secondary N) is 1. The number of furan rings is 1. The molecule has 39 heavy (non-hydrogen) atoms. The van der Waals surface area contributed by atoms with E-state index in [9.17, 15) is 0 Å². The van der Waals surface area contributed by atoms with Crippen molar-refractivity contribution in [2.75, 3.05) is 0 Å². The Balaban J connectivity index is 1.39. The van der Waals surface area contributed by atoms with E-state index in [1.807, 2.05) is 12.1 Å². The lowest BCUT2D eigenvalue weighted by Crippen LogP contribution is -1.92. The minimum absolute atomic E-state index is 0.920. The zero-order valence-corrected chi connectivity index (χ0v) is 21.0. The van der Waals surface area contributed by atoms with Crippen LogP contribution in [0.4, 0.5) is 0 Å². The summed E-state index contributed by atoms with van der Waals surface area (Å²) >= 11 is 0. The molecule has 0 fully saturated rings. The predicted molar refractivity (Wildman–Crippen MR) is 163 cm³/mol. The van der Waals surface area contributed by atoms with E-state index in [0.29, 0.717) is 0 Å². The van der Waals surface area contributed by atoms with Gasteiger partial charge in [0.2, 0.25) is 0 Å². The molecule has 0 bridgehead atoms. The van der Waals surface area contributed by atoms with Crippen LogP contribution in [0, 0.1) is 0 Å². The third-order valence-electron chi connectivity index (χ3n) is 8.13. The van der Waals surface area contributed by atoms with E-state index < -0.39 is 0 Å². The second kappa shape index (κ2) is 7.62. The molecule has 0 amide bonds. The van der Waals surface area contributed by atoms with E-state index in [-0.39, 0.29) is 0 Å². The van der Waals surface area contributed by atoms with Crippen LogP contribution in [0.3, 0.4) is 0 Å². The van der Waals surface area contributed by atoms with Crippen molar-refractivity contribution in [3.8, 4) is 16.8 Å². The molecule has 0 aliphatic rings. The summed E-state index contributed by atoms with van der Waals surface area (Å²) in [5, 5.41) is 7.31. The Kier molecular flexibility index (Phi) is 4.05. The maximum atomic E-state index is 6.39. The minimum atomic E-state index is 0.920. The number of fused-ring (bicyclic) bond motifs is 10. The Bertz CT molecular complexity index is 2390. The van der Waals surface area contributed by atoms with Crippen LogP contribution in [0.5, 0.6) is 0 Å². The van der Waals surface area contributed by atoms with Crippen molar-refractivity contribution >= 4 is 65.6 Å². The Morgan fingerprint density at radius 1 is 0.513 bits per heavy atom. The lowest BCUT2D eigenvalue weighted by atomic mass is 9.99. The zero-order chi connectivity index (χ0) is 25.5. The molecule has 0 spiro atoms. The molecule has 0 saturated carbocycles. The normalized spacial score (nSPS) is 12.1. The lowest BCUT2D eigenvalue weighted by molar-refractivity contribution is 0.670. The highest BCUT2D eigenvalue weighted by atomic mass is 16.3. The van der Waals surface area contributed by atoms with Gasteiger partial charge in [-0.05, 0) is 54.1 Å². The van der Waals surface area contributed by atoms with Gasteiger partial charge in [-0.3, -0.25) is 0 Å². The average Bonchev–Trinajstić information content (AvgIpc) is 3.66. The van der Waals surface area contributed by atoms with Crippen LogP contribution in [0.2, 0.25) is 0 Å². The molecule has 0 saturated heterocycles. The monoisotopic (exact) mass is 498 g/mol. The third kappa shape index (κ3) is 2.82. The average molecular weight is 499 g/mol. The summed E-state index contributed by atoms with van der Waals surface area (Å²) in [6.45, 7) is 0. The molecule has 182 valence electrons. The van der Waals surface area contributed by atoms with Crippen molar-refractivity contribution in [1.82, 2.24) is 9.55 Å². The Labute approximate surface area is 223 Å². The quantitative estimate of drug-likeness (QED) is 0.253. The van der Waals surface area contributed by atoms with Gasteiger partial charge >= 0.3 is 0 Å². The molecule has 0 radical (unpaired) electrons. The van der Waals surface area contributed by atoms with E-state index >= 15 is 0 Å². The predicted octanol–water partition coefficient (Wildman–Crippen LogP) is 9.98. The van der Waals surface area contributed by atoms with Gasteiger partial charge in [-0.1, -0.05) is 78.9 Å². The highest BCUT2D eigenvalue weighted by Crippen LogP contribution is 2.42. The van der Waals surface area contributed by atoms with Crippen molar-refractivity contribution in [2.24, 2.45) is 0 Å². The number of para-hydroxylation sites is 4. The van der Waals surface area contributed by atoms with E-state index in [1.165, 1.54) is 38.3 Å². The van der Waals surface area contributed by atoms with Crippen LogP contribution in [0.15, 0.2) is 132 Å². The third-order valence-corrected chi connectivity index (χ3v) is 8.13. The van der Waals surface area contributed by atoms with Gasteiger partial charge in [0, 0.05) is 54.6 Å². The summed E-state index contributed by atoms with van der Waals surface area (Å²) < 4.78 is 8.76. The van der Waals surface area contributed by atoms with Crippen molar-refractivity contribution in [3.05, 3.63) is 127 Å². The van der Waals surface area contributed by atoms with Crippen LogP contribution >= 0.6 is 0 Å². The first-order valence-electron chi connectivity index (χ1n) is 13.3. The summed E-state index contributed by atoms with van der Waals surface area (Å²) in [4.78, 5) is 3.69. The summed E-state index contributed by atoms with van der Waals surface area (Å²) in [6.07, 6.45) is 0. The van der Waals surface area contributed by atoms with Gasteiger partial charge in [0.05, 0.1) is 11.0 Å². The number of aromatic nitrogens is 2. The fourth-order valence-electron chi connectivity index (χ4n) is 6.45. The standard InChI is InChI=1S/C36H22N2O/c1-2-9-23(10-3-1)38-31-15-6-4-12-27(31)35-32(38)20-19-30-34(35)28-21-22(17-18-29(28)37-30)24-13-8-14-26-25-11-5-7-16-33(25)39-36(24)26/h1-21,37H. The summed E-state index contributed by atoms with van der Waals surface area (Å²) in [5.74, 6) is 0. The molecule has 0 unspecified atom stereocenters. The Morgan fingerprint density at radius 3 is 2.21 bits per heavy atom. The molecule has 6 aromatic carbocycles. The van der Waals surface area contributed by atoms with Crippen molar-refractivity contribution in [3.63, 3.8) is 0 Å². The number of hydrogen-bond acceptors (Lipinski definition) is 1. The first-order chi connectivity index (χ1) is 19.3. The summed E-state index contributed by atoms with van der Waals surface area (Å²) in [5.41, 5.74) is 9.98. The van der Waals surface area contributed by atoms with Gasteiger partial charge < -0.3 is 14.0 Å². The first-order valence-corrected chi connectivity index (χ1v) is 13.3. The smallest absolute Gasteiger partial charge is 0.143 e. The molecule has 9 aromatic rings. The summed E-state index contributed by atoms with van der Waals surface area (Å²) in [6, 6.07) is 45.3. The van der Waals surface area contributed by atoms with Gasteiger partial charge in [-0.25, -0.2) is 0 Å². The van der Waals surface area contributed by atoms with Crippen molar-refractivity contribution in [1.29, 1.82) is 0 Å². The molecule has 0 aliphatic heterocycles. The number of rotatable bonds is 2. The van der Waals surface area contributed by atoms with E-state index in [0.717, 1.165) is 44.1 Å². The number of benzene rings is 6. The van der Waals surface area contributed by atoms with Gasteiger partial charge in [-0.2, -0.15) is 0 Å². The van der Waals surface area contributed by atoms with Gasteiger partial charge in [0.25, 0.3) is 0 Å². The fraction of sp³-hybridized carbons (Fsp3) is 0.